The second-order valence-corrected chi connectivity index (χ2v) is 13.7. The molecule has 204 valence electrons. The maximum Gasteiger partial charge on any atom is 0.500 e. The maximum absolute atomic E-state index is 10.4. The molecule has 1 aromatic carbocycles. The number of rotatable bonds is 19. The highest BCUT2D eigenvalue weighted by molar-refractivity contribution is 6.60. The van der Waals surface area contributed by atoms with E-state index < -0.39 is 23.6 Å². The molecule has 0 saturated carbocycles. The standard InChI is InChI=1S/C15H28N2O3Si.C7H18N2O4Si/c1-18-21(19-2,20-3)13-7-10-16-11-12-17-14-15-8-5-4-6-9-15;1-11-14(12-2,13-3)6-4-5-9-7(8)10/h4-6,8-9,16-17H,7,10-14H2,1-3H3;4-6H2,1-3H3,(H3,8,9,10). The highest BCUT2D eigenvalue weighted by atomic mass is 28.4. The summed E-state index contributed by atoms with van der Waals surface area (Å²) in [6, 6.07) is 11.4. The van der Waals surface area contributed by atoms with Crippen LogP contribution in [0.4, 0.5) is 4.79 Å². The van der Waals surface area contributed by atoms with Gasteiger partial charge in [0, 0.05) is 80.9 Å². The molecule has 0 radical (unpaired) electrons. The van der Waals surface area contributed by atoms with E-state index in [1.807, 2.05) is 6.07 Å². The number of primary amides is 1. The molecule has 0 aliphatic rings. The molecule has 5 N–H and O–H groups in total. The average Bonchev–Trinajstić information content (AvgIpc) is 2.90. The Labute approximate surface area is 213 Å². The predicted octanol–water partition coefficient (Wildman–Crippen LogP) is 1.56. The third kappa shape index (κ3) is 15.3. The summed E-state index contributed by atoms with van der Waals surface area (Å²) < 4.78 is 31.7. The van der Waals surface area contributed by atoms with Crippen LogP contribution in [0.5, 0.6) is 0 Å². The van der Waals surface area contributed by atoms with E-state index in [-0.39, 0.29) is 0 Å². The Morgan fingerprint density at radius 1 is 0.714 bits per heavy atom. The average molecular weight is 535 g/mol. The van der Waals surface area contributed by atoms with Gasteiger partial charge in [0.25, 0.3) is 0 Å². The molecule has 0 fully saturated rings. The summed E-state index contributed by atoms with van der Waals surface area (Å²) >= 11 is 0. The van der Waals surface area contributed by atoms with Crippen LogP contribution >= 0.6 is 0 Å². The lowest BCUT2D eigenvalue weighted by Crippen LogP contribution is -2.43. The third-order valence-electron chi connectivity index (χ3n) is 5.31. The van der Waals surface area contributed by atoms with Crippen LogP contribution in [0.25, 0.3) is 0 Å². The Balaban J connectivity index is 0.000000720. The second kappa shape index (κ2) is 20.8. The van der Waals surface area contributed by atoms with Crippen LogP contribution in [0.1, 0.15) is 18.4 Å². The normalized spacial score (nSPS) is 11.6. The van der Waals surface area contributed by atoms with Crippen molar-refractivity contribution in [1.29, 1.82) is 0 Å². The van der Waals surface area contributed by atoms with Crippen molar-refractivity contribution in [3.63, 3.8) is 0 Å². The molecule has 0 heterocycles. The number of carbonyl (C=O) groups excluding carboxylic acids is 1. The van der Waals surface area contributed by atoms with Gasteiger partial charge in [0.1, 0.15) is 0 Å². The Morgan fingerprint density at radius 3 is 1.63 bits per heavy atom. The monoisotopic (exact) mass is 534 g/mol. The van der Waals surface area contributed by atoms with Gasteiger partial charge in [-0.25, -0.2) is 4.79 Å². The fourth-order valence-electron chi connectivity index (χ4n) is 3.19. The number of benzene rings is 1. The summed E-state index contributed by atoms with van der Waals surface area (Å²) in [5.74, 6) is 0. The van der Waals surface area contributed by atoms with Crippen LogP contribution in [0.15, 0.2) is 30.3 Å². The largest absolute Gasteiger partial charge is 0.500 e. The van der Waals surface area contributed by atoms with E-state index in [4.69, 9.17) is 32.3 Å². The molecule has 0 aliphatic carbocycles. The summed E-state index contributed by atoms with van der Waals surface area (Å²) in [7, 11) is 4.75. The highest BCUT2D eigenvalue weighted by Gasteiger charge is 2.37. The van der Waals surface area contributed by atoms with Gasteiger partial charge in [-0.2, -0.15) is 0 Å². The van der Waals surface area contributed by atoms with Crippen molar-refractivity contribution < 1.29 is 31.4 Å². The Kier molecular flexibility index (Phi) is 19.9. The molecule has 1 rings (SSSR count). The summed E-state index contributed by atoms with van der Waals surface area (Å²) in [5.41, 5.74) is 6.22. The van der Waals surface area contributed by atoms with Crippen molar-refractivity contribution in [2.45, 2.75) is 31.5 Å². The maximum atomic E-state index is 10.4. The molecule has 1 aromatic rings. The molecule has 0 atom stereocenters. The Morgan fingerprint density at radius 2 is 1.17 bits per heavy atom. The molecule has 0 aliphatic heterocycles. The fraction of sp³-hybridized carbons (Fsp3) is 0.682. The first-order chi connectivity index (χ1) is 16.9. The van der Waals surface area contributed by atoms with Gasteiger partial charge in [0.2, 0.25) is 0 Å². The van der Waals surface area contributed by atoms with Gasteiger partial charge in [-0.1, -0.05) is 30.3 Å². The first kappa shape index (κ1) is 33.6. The van der Waals surface area contributed by atoms with E-state index in [2.05, 4.69) is 40.2 Å². The lowest BCUT2D eigenvalue weighted by molar-refractivity contribution is 0.122. The lowest BCUT2D eigenvalue weighted by atomic mass is 10.2. The van der Waals surface area contributed by atoms with E-state index in [1.165, 1.54) is 5.56 Å². The molecule has 35 heavy (non-hydrogen) atoms. The van der Waals surface area contributed by atoms with Gasteiger partial charge in [0.15, 0.2) is 0 Å². The first-order valence-electron chi connectivity index (χ1n) is 11.7. The van der Waals surface area contributed by atoms with Gasteiger partial charge in [-0.3, -0.25) is 0 Å². The molecule has 2 amide bonds. The van der Waals surface area contributed by atoms with Crippen LogP contribution in [-0.2, 0) is 33.1 Å². The van der Waals surface area contributed by atoms with E-state index in [0.717, 1.165) is 38.6 Å². The SMILES string of the molecule is CO[Si](CCCNC(N)=O)(OC)OC.CO[Si](CCCNCCNCc1ccccc1)(OC)OC. The number of urea groups is 1. The van der Waals surface area contributed by atoms with E-state index in [0.29, 0.717) is 19.0 Å². The van der Waals surface area contributed by atoms with Crippen molar-refractivity contribution in [2.24, 2.45) is 5.73 Å². The summed E-state index contributed by atoms with van der Waals surface area (Å²) in [4.78, 5) is 10.4. The zero-order valence-corrected chi connectivity index (χ0v) is 24.2. The minimum Gasteiger partial charge on any atom is -0.377 e. The van der Waals surface area contributed by atoms with Crippen LogP contribution in [0.2, 0.25) is 12.1 Å². The molecule has 0 saturated heterocycles. The second-order valence-electron chi connectivity index (χ2n) is 7.50. The van der Waals surface area contributed by atoms with E-state index in [1.54, 1.807) is 42.7 Å². The first-order valence-corrected chi connectivity index (χ1v) is 15.5. The van der Waals surface area contributed by atoms with E-state index in [9.17, 15) is 4.79 Å². The molecule has 0 spiro atoms. The van der Waals surface area contributed by atoms with Gasteiger partial charge in [0.05, 0.1) is 0 Å². The Bertz CT molecular complexity index is 623. The summed E-state index contributed by atoms with van der Waals surface area (Å²) in [5, 5.41) is 9.31. The quantitative estimate of drug-likeness (QED) is 0.154. The van der Waals surface area contributed by atoms with Crippen molar-refractivity contribution in [3.05, 3.63) is 35.9 Å². The predicted molar refractivity (Wildman–Crippen MR) is 141 cm³/mol. The molecule has 0 bridgehead atoms. The zero-order valence-electron chi connectivity index (χ0n) is 22.2. The van der Waals surface area contributed by atoms with Crippen molar-refractivity contribution in [1.82, 2.24) is 16.0 Å². The van der Waals surface area contributed by atoms with Gasteiger partial charge in [-0.05, 0) is 24.9 Å². The summed E-state index contributed by atoms with van der Waals surface area (Å²) in [6.45, 7) is 4.26. The molecule has 0 unspecified atom stereocenters. The topological polar surface area (TPSA) is 135 Å². The molecule has 11 nitrogen and oxygen atoms in total. The van der Waals surface area contributed by atoms with E-state index >= 15 is 0 Å². The third-order valence-corrected chi connectivity index (χ3v) is 11.0. The minimum absolute atomic E-state index is 0.500. The molecule has 0 aromatic heterocycles. The molecular formula is C22H46N4O7Si2. The van der Waals surface area contributed by atoms with Crippen molar-refractivity contribution in [3.8, 4) is 0 Å². The zero-order chi connectivity index (χ0) is 26.4. The highest BCUT2D eigenvalue weighted by Crippen LogP contribution is 2.14. The van der Waals surface area contributed by atoms with Gasteiger partial charge < -0.3 is 48.2 Å². The van der Waals surface area contributed by atoms with Crippen molar-refractivity contribution >= 4 is 23.6 Å². The van der Waals surface area contributed by atoms with Crippen LogP contribution in [0.3, 0.4) is 0 Å². The van der Waals surface area contributed by atoms with Gasteiger partial charge >= 0.3 is 23.6 Å². The Hall–Kier alpha value is -1.40. The molecule has 13 heteroatoms. The number of carbonyl (C=O) groups is 1. The number of amides is 2. The smallest absolute Gasteiger partial charge is 0.377 e. The van der Waals surface area contributed by atoms with Crippen LogP contribution in [-0.4, -0.2) is 92.5 Å². The lowest BCUT2D eigenvalue weighted by Gasteiger charge is -2.24. The van der Waals surface area contributed by atoms with Crippen molar-refractivity contribution in [2.75, 3.05) is 68.8 Å². The minimum atomic E-state index is -2.48. The number of nitrogens with one attached hydrogen (secondary N) is 3. The number of hydrogen-bond acceptors (Lipinski definition) is 9. The molecular weight excluding hydrogens is 488 g/mol. The summed E-state index contributed by atoms with van der Waals surface area (Å²) in [6.07, 6.45) is 1.70. The number of hydrogen-bond donors (Lipinski definition) is 4. The van der Waals surface area contributed by atoms with Crippen LogP contribution < -0.4 is 21.7 Å². The fourth-order valence-corrected chi connectivity index (χ4v) is 6.63. The number of nitrogens with two attached hydrogens (primary N) is 1. The van der Waals surface area contributed by atoms with Crippen LogP contribution in [0, 0.1) is 0 Å². The van der Waals surface area contributed by atoms with Gasteiger partial charge in [-0.15, -0.1) is 0 Å².